The molecule has 1 aliphatic rings. The van der Waals surface area contributed by atoms with Gasteiger partial charge in [0.15, 0.2) is 0 Å². The molecular weight excluding hydrogens is 294 g/mol. The number of piperidine rings is 1. The quantitative estimate of drug-likeness (QED) is 0.868. The number of rotatable bonds is 5. The Bertz CT molecular complexity index is 527. The van der Waals surface area contributed by atoms with Crippen molar-refractivity contribution in [1.82, 2.24) is 14.9 Å². The minimum Gasteiger partial charge on any atom is -0.450 e. The van der Waals surface area contributed by atoms with Gasteiger partial charge < -0.3 is 20.3 Å². The van der Waals surface area contributed by atoms with Gasteiger partial charge in [0.2, 0.25) is 0 Å². The Labute approximate surface area is 137 Å². The smallest absolute Gasteiger partial charge is 0.409 e. The molecule has 0 radical (unpaired) electrons. The van der Waals surface area contributed by atoms with E-state index >= 15 is 0 Å². The maximum Gasteiger partial charge on any atom is 0.409 e. The molecule has 0 aromatic carbocycles. The third-order valence-electron chi connectivity index (χ3n) is 3.65. The highest BCUT2D eigenvalue weighted by atomic mass is 16.6. The van der Waals surface area contributed by atoms with Crippen LogP contribution in [0.1, 0.15) is 39.4 Å². The first-order valence-corrected chi connectivity index (χ1v) is 8.28. The molecule has 2 rings (SSSR count). The van der Waals surface area contributed by atoms with Gasteiger partial charge in [0.1, 0.15) is 17.5 Å². The number of nitrogens with one attached hydrogen (secondary N) is 2. The van der Waals surface area contributed by atoms with Gasteiger partial charge in [-0.2, -0.15) is 0 Å². The molecule has 1 aliphatic heterocycles. The second-order valence-electron chi connectivity index (χ2n) is 6.09. The van der Waals surface area contributed by atoms with Crippen LogP contribution in [0.15, 0.2) is 6.07 Å². The van der Waals surface area contributed by atoms with Crippen molar-refractivity contribution in [3.8, 4) is 0 Å². The predicted molar refractivity (Wildman–Crippen MR) is 90.8 cm³/mol. The fraction of sp³-hybridized carbons (Fsp3) is 0.688. The largest absolute Gasteiger partial charge is 0.450 e. The van der Waals surface area contributed by atoms with Gasteiger partial charge >= 0.3 is 6.09 Å². The Morgan fingerprint density at radius 2 is 2.00 bits per heavy atom. The fourth-order valence-corrected chi connectivity index (χ4v) is 2.64. The van der Waals surface area contributed by atoms with Crippen LogP contribution >= 0.6 is 0 Å². The van der Waals surface area contributed by atoms with E-state index in [1.165, 1.54) is 0 Å². The van der Waals surface area contributed by atoms with Crippen molar-refractivity contribution in [2.45, 2.75) is 52.6 Å². The maximum atomic E-state index is 11.7. The van der Waals surface area contributed by atoms with Crippen molar-refractivity contribution in [3.05, 3.63) is 11.9 Å². The van der Waals surface area contributed by atoms with Crippen LogP contribution in [0.3, 0.4) is 0 Å². The van der Waals surface area contributed by atoms with Gasteiger partial charge in [-0.05, 0) is 40.5 Å². The minimum atomic E-state index is -0.216. The number of hydrogen-bond acceptors (Lipinski definition) is 6. The lowest BCUT2D eigenvalue weighted by Gasteiger charge is -2.31. The van der Waals surface area contributed by atoms with E-state index in [0.29, 0.717) is 31.8 Å². The molecule has 1 saturated heterocycles. The SMILES string of the molecule is CCOC(=O)N1CCC(Nc2cc(NC(C)C)nc(C)n2)CC1. The Morgan fingerprint density at radius 1 is 1.35 bits per heavy atom. The third-order valence-corrected chi connectivity index (χ3v) is 3.65. The lowest BCUT2D eigenvalue weighted by Crippen LogP contribution is -2.42. The summed E-state index contributed by atoms with van der Waals surface area (Å²) in [5, 5.41) is 6.76. The molecule has 1 fully saturated rings. The fourth-order valence-electron chi connectivity index (χ4n) is 2.64. The van der Waals surface area contributed by atoms with Crippen LogP contribution in [0, 0.1) is 6.92 Å². The minimum absolute atomic E-state index is 0.216. The van der Waals surface area contributed by atoms with Crippen molar-refractivity contribution < 1.29 is 9.53 Å². The lowest BCUT2D eigenvalue weighted by molar-refractivity contribution is 0.0983. The molecule has 7 heteroatoms. The number of amides is 1. The topological polar surface area (TPSA) is 79.4 Å². The summed E-state index contributed by atoms with van der Waals surface area (Å²) in [6.07, 6.45) is 1.55. The van der Waals surface area contributed by atoms with Crippen molar-refractivity contribution in [1.29, 1.82) is 0 Å². The molecule has 1 amide bonds. The highest BCUT2D eigenvalue weighted by Crippen LogP contribution is 2.18. The van der Waals surface area contributed by atoms with Crippen LogP contribution < -0.4 is 10.6 Å². The summed E-state index contributed by atoms with van der Waals surface area (Å²) < 4.78 is 5.04. The molecule has 0 atom stereocenters. The molecule has 2 heterocycles. The number of carbonyl (C=O) groups excluding carboxylic acids is 1. The molecule has 7 nitrogen and oxygen atoms in total. The highest BCUT2D eigenvalue weighted by Gasteiger charge is 2.23. The van der Waals surface area contributed by atoms with E-state index in [1.807, 2.05) is 19.9 Å². The van der Waals surface area contributed by atoms with E-state index in [1.54, 1.807) is 4.90 Å². The summed E-state index contributed by atoms with van der Waals surface area (Å²) >= 11 is 0. The average Bonchev–Trinajstić information content (AvgIpc) is 2.46. The standard InChI is InChI=1S/C16H27N5O2/c1-5-23-16(22)21-8-6-13(7-9-21)20-15-10-14(17-11(2)3)18-12(4)19-15/h10-11,13H,5-9H2,1-4H3,(H2,17,18,19,20). The molecule has 0 saturated carbocycles. The Morgan fingerprint density at radius 3 is 2.61 bits per heavy atom. The van der Waals surface area contributed by atoms with Crippen LogP contribution in [0.5, 0.6) is 0 Å². The van der Waals surface area contributed by atoms with Gasteiger partial charge in [-0.1, -0.05) is 0 Å². The Balaban J connectivity index is 1.91. The van der Waals surface area contributed by atoms with E-state index in [4.69, 9.17) is 4.74 Å². The molecule has 0 spiro atoms. The van der Waals surface area contributed by atoms with E-state index in [9.17, 15) is 4.79 Å². The number of hydrogen-bond donors (Lipinski definition) is 2. The van der Waals surface area contributed by atoms with Crippen LogP contribution in [0.25, 0.3) is 0 Å². The average molecular weight is 321 g/mol. The molecule has 1 aromatic rings. The van der Waals surface area contributed by atoms with Crippen LogP contribution in [0.4, 0.5) is 16.4 Å². The summed E-state index contributed by atoms with van der Waals surface area (Å²) in [5.74, 6) is 2.40. The Hall–Kier alpha value is -2.05. The van der Waals surface area contributed by atoms with Crippen molar-refractivity contribution in [3.63, 3.8) is 0 Å². The number of likely N-dealkylation sites (tertiary alicyclic amines) is 1. The van der Waals surface area contributed by atoms with Gasteiger partial charge in [0.25, 0.3) is 0 Å². The summed E-state index contributed by atoms with van der Waals surface area (Å²) in [4.78, 5) is 22.3. The molecule has 0 aliphatic carbocycles. The van der Waals surface area contributed by atoms with Gasteiger partial charge in [0, 0.05) is 31.2 Å². The number of nitrogens with zero attached hydrogens (tertiary/aromatic N) is 3. The van der Waals surface area contributed by atoms with Gasteiger partial charge in [-0.25, -0.2) is 14.8 Å². The molecular formula is C16H27N5O2. The van der Waals surface area contributed by atoms with Crippen molar-refractivity contribution in [2.75, 3.05) is 30.3 Å². The summed E-state index contributed by atoms with van der Waals surface area (Å²) in [6.45, 7) is 9.70. The first kappa shape index (κ1) is 17.3. The van der Waals surface area contributed by atoms with E-state index in [2.05, 4.69) is 34.4 Å². The molecule has 2 N–H and O–H groups in total. The van der Waals surface area contributed by atoms with Crippen LogP contribution in [0.2, 0.25) is 0 Å². The molecule has 0 bridgehead atoms. The number of ether oxygens (including phenoxy) is 1. The predicted octanol–water partition coefficient (Wildman–Crippen LogP) is 2.64. The lowest BCUT2D eigenvalue weighted by atomic mass is 10.1. The van der Waals surface area contributed by atoms with Crippen LogP contribution in [-0.4, -0.2) is 52.7 Å². The summed E-state index contributed by atoms with van der Waals surface area (Å²) in [6, 6.07) is 2.57. The highest BCUT2D eigenvalue weighted by molar-refractivity contribution is 5.67. The molecule has 23 heavy (non-hydrogen) atoms. The maximum absolute atomic E-state index is 11.7. The van der Waals surface area contributed by atoms with Crippen molar-refractivity contribution in [2.24, 2.45) is 0 Å². The molecule has 1 aromatic heterocycles. The van der Waals surface area contributed by atoms with E-state index < -0.39 is 0 Å². The third kappa shape index (κ3) is 5.26. The number of carbonyl (C=O) groups is 1. The molecule has 128 valence electrons. The van der Waals surface area contributed by atoms with Gasteiger partial charge in [0.05, 0.1) is 6.61 Å². The zero-order valence-corrected chi connectivity index (χ0v) is 14.4. The normalized spacial score (nSPS) is 15.6. The van der Waals surface area contributed by atoms with Crippen LogP contribution in [-0.2, 0) is 4.74 Å². The number of anilines is 2. The van der Waals surface area contributed by atoms with Gasteiger partial charge in [-0.15, -0.1) is 0 Å². The Kier molecular flexibility index (Phi) is 6.01. The summed E-state index contributed by atoms with van der Waals surface area (Å²) in [7, 11) is 0. The zero-order chi connectivity index (χ0) is 16.8. The first-order chi connectivity index (χ1) is 11.0. The van der Waals surface area contributed by atoms with Gasteiger partial charge in [-0.3, -0.25) is 0 Å². The number of aromatic nitrogens is 2. The van der Waals surface area contributed by atoms with E-state index in [-0.39, 0.29) is 6.09 Å². The second-order valence-corrected chi connectivity index (χ2v) is 6.09. The van der Waals surface area contributed by atoms with E-state index in [0.717, 1.165) is 30.3 Å². The second kappa shape index (κ2) is 7.99. The zero-order valence-electron chi connectivity index (χ0n) is 14.4. The first-order valence-electron chi connectivity index (χ1n) is 8.28. The van der Waals surface area contributed by atoms with Crippen molar-refractivity contribution >= 4 is 17.7 Å². The number of aryl methyl sites for hydroxylation is 1. The monoisotopic (exact) mass is 321 g/mol. The summed E-state index contributed by atoms with van der Waals surface area (Å²) in [5.41, 5.74) is 0. The molecule has 0 unspecified atom stereocenters.